The van der Waals surface area contributed by atoms with Crippen LogP contribution in [0, 0.1) is 12.8 Å². The first kappa shape index (κ1) is 13.7. The molecule has 0 saturated carbocycles. The fraction of sp³-hybridized carbons (Fsp3) is 0.500. The van der Waals surface area contributed by atoms with Crippen molar-refractivity contribution < 1.29 is 4.79 Å². The van der Waals surface area contributed by atoms with Crippen molar-refractivity contribution in [3.63, 3.8) is 0 Å². The van der Waals surface area contributed by atoms with Gasteiger partial charge >= 0.3 is 0 Å². The van der Waals surface area contributed by atoms with Crippen molar-refractivity contribution in [1.29, 1.82) is 0 Å². The highest BCUT2D eigenvalue weighted by Gasteiger charge is 2.28. The van der Waals surface area contributed by atoms with Crippen LogP contribution < -0.4 is 0 Å². The molecule has 0 aromatic heterocycles. The van der Waals surface area contributed by atoms with Crippen LogP contribution in [-0.2, 0) is 0 Å². The Morgan fingerprint density at radius 3 is 2.83 bits per heavy atom. The van der Waals surface area contributed by atoms with Crippen LogP contribution in [0.2, 0.25) is 5.02 Å². The molecule has 1 heterocycles. The molecule has 0 spiro atoms. The van der Waals surface area contributed by atoms with E-state index >= 15 is 0 Å². The fourth-order valence-electron chi connectivity index (χ4n) is 2.31. The van der Waals surface area contributed by atoms with Crippen LogP contribution >= 0.6 is 23.2 Å². The van der Waals surface area contributed by atoms with Gasteiger partial charge in [0.05, 0.1) is 0 Å². The van der Waals surface area contributed by atoms with Gasteiger partial charge in [0.2, 0.25) is 0 Å². The van der Waals surface area contributed by atoms with Crippen molar-refractivity contribution in [3.05, 3.63) is 34.3 Å². The Labute approximate surface area is 118 Å². The number of nitrogens with zero attached hydrogens (tertiary/aromatic N) is 1. The molecule has 1 amide bonds. The van der Waals surface area contributed by atoms with Gasteiger partial charge < -0.3 is 4.90 Å². The van der Waals surface area contributed by atoms with E-state index in [0.29, 0.717) is 16.5 Å². The summed E-state index contributed by atoms with van der Waals surface area (Å²) in [6.07, 6.45) is 0.855. The standard InChI is InChI=1S/C14H17Cl2NO/c1-9-8-17(7-6-12(9)15)14(18)11-4-3-5-13(16)10(11)2/h3-5,9,12H,6-8H2,1-2H3. The molecule has 98 valence electrons. The second-order valence-corrected chi connectivity index (χ2v) is 5.91. The molecule has 1 aromatic carbocycles. The van der Waals surface area contributed by atoms with Crippen LogP contribution in [0.4, 0.5) is 0 Å². The molecule has 1 aliphatic heterocycles. The van der Waals surface area contributed by atoms with Crippen molar-refractivity contribution in [1.82, 2.24) is 4.90 Å². The zero-order chi connectivity index (χ0) is 13.3. The van der Waals surface area contributed by atoms with E-state index in [-0.39, 0.29) is 11.3 Å². The minimum absolute atomic E-state index is 0.0606. The summed E-state index contributed by atoms with van der Waals surface area (Å²) in [6, 6.07) is 5.46. The van der Waals surface area contributed by atoms with E-state index in [1.165, 1.54) is 0 Å². The number of carbonyl (C=O) groups is 1. The van der Waals surface area contributed by atoms with E-state index in [9.17, 15) is 4.79 Å². The molecule has 0 aliphatic carbocycles. The third-order valence-corrected chi connectivity index (χ3v) is 4.64. The lowest BCUT2D eigenvalue weighted by Gasteiger charge is -2.34. The van der Waals surface area contributed by atoms with Crippen LogP contribution in [0.25, 0.3) is 0 Å². The summed E-state index contributed by atoms with van der Waals surface area (Å²) in [4.78, 5) is 14.3. The zero-order valence-electron chi connectivity index (χ0n) is 10.6. The maximum atomic E-state index is 12.4. The van der Waals surface area contributed by atoms with Gasteiger partial charge in [-0.25, -0.2) is 0 Å². The predicted molar refractivity (Wildman–Crippen MR) is 75.5 cm³/mol. The molecule has 4 heteroatoms. The fourth-order valence-corrected chi connectivity index (χ4v) is 2.66. The molecule has 1 saturated heterocycles. The van der Waals surface area contributed by atoms with Gasteiger partial charge in [0, 0.05) is 29.1 Å². The van der Waals surface area contributed by atoms with Gasteiger partial charge in [0.15, 0.2) is 0 Å². The smallest absolute Gasteiger partial charge is 0.254 e. The van der Waals surface area contributed by atoms with Crippen molar-refractivity contribution in [2.24, 2.45) is 5.92 Å². The number of alkyl halides is 1. The summed E-state index contributed by atoms with van der Waals surface area (Å²) in [7, 11) is 0. The Bertz CT molecular complexity index is 461. The SMILES string of the molecule is Cc1c(Cl)cccc1C(=O)N1CCC(Cl)C(C)C1. The van der Waals surface area contributed by atoms with E-state index in [4.69, 9.17) is 23.2 Å². The Morgan fingerprint density at radius 1 is 1.44 bits per heavy atom. The van der Waals surface area contributed by atoms with E-state index in [1.54, 1.807) is 6.07 Å². The number of rotatable bonds is 1. The lowest BCUT2D eigenvalue weighted by Crippen LogP contribution is -2.43. The molecule has 2 rings (SSSR count). The highest BCUT2D eigenvalue weighted by atomic mass is 35.5. The molecular weight excluding hydrogens is 269 g/mol. The summed E-state index contributed by atoms with van der Waals surface area (Å²) >= 11 is 12.2. The largest absolute Gasteiger partial charge is 0.338 e. The number of amides is 1. The maximum absolute atomic E-state index is 12.4. The van der Waals surface area contributed by atoms with Gasteiger partial charge in [-0.05, 0) is 37.0 Å². The minimum Gasteiger partial charge on any atom is -0.338 e. The molecule has 1 aromatic rings. The van der Waals surface area contributed by atoms with Crippen LogP contribution in [0.5, 0.6) is 0 Å². The normalized spacial score (nSPS) is 24.1. The number of halogens is 2. The van der Waals surface area contributed by atoms with Gasteiger partial charge in [-0.1, -0.05) is 24.6 Å². The first-order valence-electron chi connectivity index (χ1n) is 6.19. The molecule has 0 radical (unpaired) electrons. The topological polar surface area (TPSA) is 20.3 Å². The van der Waals surface area contributed by atoms with E-state index < -0.39 is 0 Å². The molecule has 2 nitrogen and oxygen atoms in total. The van der Waals surface area contributed by atoms with Crippen molar-refractivity contribution in [3.8, 4) is 0 Å². The van der Waals surface area contributed by atoms with Crippen molar-refractivity contribution >= 4 is 29.1 Å². The predicted octanol–water partition coefficient (Wildman–Crippen LogP) is 3.74. The average Bonchev–Trinajstić information content (AvgIpc) is 2.35. The van der Waals surface area contributed by atoms with Crippen molar-refractivity contribution in [2.45, 2.75) is 25.6 Å². The molecule has 1 fully saturated rings. The van der Waals surface area contributed by atoms with Crippen LogP contribution in [0.15, 0.2) is 18.2 Å². The van der Waals surface area contributed by atoms with Crippen molar-refractivity contribution in [2.75, 3.05) is 13.1 Å². The second kappa shape index (κ2) is 5.50. The first-order valence-corrected chi connectivity index (χ1v) is 7.00. The highest BCUT2D eigenvalue weighted by molar-refractivity contribution is 6.31. The Kier molecular flexibility index (Phi) is 4.18. The Balaban J connectivity index is 2.19. The molecular formula is C14H17Cl2NO. The van der Waals surface area contributed by atoms with Gasteiger partial charge in [0.25, 0.3) is 5.91 Å². The summed E-state index contributed by atoms with van der Waals surface area (Å²) in [5, 5.41) is 0.815. The molecule has 0 bridgehead atoms. The average molecular weight is 286 g/mol. The van der Waals surface area contributed by atoms with E-state index in [0.717, 1.165) is 25.1 Å². The molecule has 2 unspecified atom stereocenters. The van der Waals surface area contributed by atoms with Gasteiger partial charge in [-0.2, -0.15) is 0 Å². The Hall–Kier alpha value is -0.730. The number of carbonyl (C=O) groups excluding carboxylic acids is 1. The highest BCUT2D eigenvalue weighted by Crippen LogP contribution is 2.25. The van der Waals surface area contributed by atoms with E-state index in [2.05, 4.69) is 6.92 Å². The lowest BCUT2D eigenvalue weighted by molar-refractivity contribution is 0.0686. The van der Waals surface area contributed by atoms with E-state index in [1.807, 2.05) is 24.0 Å². The number of benzene rings is 1. The molecule has 18 heavy (non-hydrogen) atoms. The number of likely N-dealkylation sites (tertiary alicyclic amines) is 1. The minimum atomic E-state index is 0.0606. The van der Waals surface area contributed by atoms with Crippen LogP contribution in [0.1, 0.15) is 29.3 Å². The summed E-state index contributed by atoms with van der Waals surface area (Å²) in [5.74, 6) is 0.397. The number of hydrogen-bond acceptors (Lipinski definition) is 1. The van der Waals surface area contributed by atoms with Crippen LogP contribution in [0.3, 0.4) is 0 Å². The molecule has 0 N–H and O–H groups in total. The summed E-state index contributed by atoms with van der Waals surface area (Å²) < 4.78 is 0. The third-order valence-electron chi connectivity index (χ3n) is 3.59. The number of piperidine rings is 1. The van der Waals surface area contributed by atoms with Gasteiger partial charge in [-0.15, -0.1) is 11.6 Å². The first-order chi connectivity index (χ1) is 8.50. The number of hydrogen-bond donors (Lipinski definition) is 0. The zero-order valence-corrected chi connectivity index (χ0v) is 12.1. The van der Waals surface area contributed by atoms with Crippen LogP contribution in [-0.4, -0.2) is 29.3 Å². The third kappa shape index (κ3) is 2.65. The summed E-state index contributed by atoms with van der Waals surface area (Å²) in [5.41, 5.74) is 1.55. The lowest BCUT2D eigenvalue weighted by atomic mass is 9.98. The monoisotopic (exact) mass is 285 g/mol. The molecule has 2 atom stereocenters. The second-order valence-electron chi connectivity index (χ2n) is 4.95. The van der Waals surface area contributed by atoms with Gasteiger partial charge in [-0.3, -0.25) is 4.79 Å². The molecule has 1 aliphatic rings. The maximum Gasteiger partial charge on any atom is 0.254 e. The summed E-state index contributed by atoms with van der Waals surface area (Å²) in [6.45, 7) is 5.41. The Morgan fingerprint density at radius 2 is 2.17 bits per heavy atom. The van der Waals surface area contributed by atoms with Gasteiger partial charge in [0.1, 0.15) is 0 Å². The quantitative estimate of drug-likeness (QED) is 0.720.